The van der Waals surface area contributed by atoms with Gasteiger partial charge in [0.05, 0.1) is 5.69 Å². The average Bonchev–Trinajstić information content (AvgIpc) is 2.91. The van der Waals surface area contributed by atoms with Gasteiger partial charge in [-0.05, 0) is 52.5 Å². The molecular formula is C30H24BNO2. The lowest BCUT2D eigenvalue weighted by atomic mass is 9.80. The number of rotatable bonds is 6. The first-order chi connectivity index (χ1) is 16.7. The maximum absolute atomic E-state index is 9.48. The van der Waals surface area contributed by atoms with E-state index in [1.165, 1.54) is 11.1 Å². The molecule has 34 heavy (non-hydrogen) atoms. The highest BCUT2D eigenvalue weighted by Crippen LogP contribution is 2.40. The maximum atomic E-state index is 9.48. The van der Waals surface area contributed by atoms with E-state index in [-0.39, 0.29) is 0 Å². The fraction of sp³-hybridized carbons (Fsp3) is 0. The first kappa shape index (κ1) is 21.7. The van der Waals surface area contributed by atoms with E-state index in [0.29, 0.717) is 5.46 Å². The maximum Gasteiger partial charge on any atom is 0.488 e. The Morgan fingerprint density at radius 1 is 0.441 bits per heavy atom. The number of hydrogen-bond donors (Lipinski definition) is 2. The third kappa shape index (κ3) is 4.51. The van der Waals surface area contributed by atoms with Gasteiger partial charge in [-0.15, -0.1) is 0 Å². The Morgan fingerprint density at radius 3 is 1.59 bits per heavy atom. The molecule has 164 valence electrons. The molecule has 2 N–H and O–H groups in total. The Morgan fingerprint density at radius 2 is 0.941 bits per heavy atom. The van der Waals surface area contributed by atoms with E-state index in [1.807, 2.05) is 48.5 Å². The van der Waals surface area contributed by atoms with Crippen LogP contribution in [0.25, 0.3) is 22.3 Å². The molecule has 5 rings (SSSR count). The molecule has 5 aromatic rings. The second-order valence-corrected chi connectivity index (χ2v) is 8.10. The summed E-state index contributed by atoms with van der Waals surface area (Å²) in [7, 11) is -1.48. The zero-order chi connectivity index (χ0) is 23.3. The van der Waals surface area contributed by atoms with E-state index in [4.69, 9.17) is 0 Å². The zero-order valence-corrected chi connectivity index (χ0v) is 18.6. The summed E-state index contributed by atoms with van der Waals surface area (Å²) in [5.41, 5.74) is 8.04. The van der Waals surface area contributed by atoms with Crippen LogP contribution in [0, 0.1) is 0 Å². The number of benzene rings is 5. The minimum atomic E-state index is -1.48. The number of anilines is 3. The van der Waals surface area contributed by atoms with Crippen LogP contribution in [0.15, 0.2) is 133 Å². The highest BCUT2D eigenvalue weighted by atomic mass is 16.4. The summed E-state index contributed by atoms with van der Waals surface area (Å²) in [5, 5.41) is 19.0. The van der Waals surface area contributed by atoms with E-state index in [2.05, 4.69) is 77.7 Å². The van der Waals surface area contributed by atoms with Gasteiger partial charge in [-0.25, -0.2) is 0 Å². The molecular weight excluding hydrogens is 417 g/mol. The lowest BCUT2D eigenvalue weighted by Gasteiger charge is -2.28. The van der Waals surface area contributed by atoms with Crippen molar-refractivity contribution in [2.75, 3.05) is 4.90 Å². The number of hydrogen-bond acceptors (Lipinski definition) is 3. The Hall–Kier alpha value is -4.12. The van der Waals surface area contributed by atoms with Gasteiger partial charge in [-0.3, -0.25) is 0 Å². The lowest BCUT2D eigenvalue weighted by Crippen LogP contribution is -2.29. The molecule has 0 fully saturated rings. The van der Waals surface area contributed by atoms with Crippen LogP contribution in [0.5, 0.6) is 0 Å². The smallest absolute Gasteiger partial charge is 0.423 e. The fourth-order valence-electron chi connectivity index (χ4n) is 4.19. The van der Waals surface area contributed by atoms with Gasteiger partial charge in [-0.1, -0.05) is 103 Å². The Balaban J connectivity index is 1.61. The Labute approximate surface area is 200 Å². The minimum absolute atomic E-state index is 0.470. The predicted molar refractivity (Wildman–Crippen MR) is 142 cm³/mol. The van der Waals surface area contributed by atoms with Gasteiger partial charge >= 0.3 is 7.12 Å². The van der Waals surface area contributed by atoms with E-state index in [1.54, 1.807) is 12.1 Å². The molecule has 0 atom stereocenters. The molecule has 0 unspecified atom stereocenters. The van der Waals surface area contributed by atoms with E-state index >= 15 is 0 Å². The van der Waals surface area contributed by atoms with Gasteiger partial charge < -0.3 is 14.9 Å². The molecule has 0 saturated heterocycles. The topological polar surface area (TPSA) is 43.7 Å². The SMILES string of the molecule is OB(O)c1ccc(-c2ccccc2N(c2ccccc2)c2ccc(-c3ccccc3)cc2)cc1. The molecule has 0 aromatic heterocycles. The third-order valence-corrected chi connectivity index (χ3v) is 5.91. The summed E-state index contributed by atoms with van der Waals surface area (Å²) in [6.45, 7) is 0. The van der Waals surface area contributed by atoms with Gasteiger partial charge in [0, 0.05) is 16.9 Å². The van der Waals surface area contributed by atoms with E-state index in [0.717, 1.165) is 28.2 Å². The van der Waals surface area contributed by atoms with Crippen molar-refractivity contribution in [2.45, 2.75) is 0 Å². The normalized spacial score (nSPS) is 10.6. The molecule has 0 aliphatic heterocycles. The molecule has 0 saturated carbocycles. The monoisotopic (exact) mass is 441 g/mol. The quantitative estimate of drug-likeness (QED) is 0.310. The van der Waals surface area contributed by atoms with Crippen molar-refractivity contribution in [1.29, 1.82) is 0 Å². The van der Waals surface area contributed by atoms with Crippen molar-refractivity contribution in [3.63, 3.8) is 0 Å². The van der Waals surface area contributed by atoms with Crippen molar-refractivity contribution in [3.8, 4) is 22.3 Å². The number of nitrogens with zero attached hydrogens (tertiary/aromatic N) is 1. The molecule has 0 spiro atoms. The van der Waals surface area contributed by atoms with E-state index in [9.17, 15) is 10.0 Å². The zero-order valence-electron chi connectivity index (χ0n) is 18.6. The highest BCUT2D eigenvalue weighted by molar-refractivity contribution is 6.58. The van der Waals surface area contributed by atoms with Crippen molar-refractivity contribution in [2.24, 2.45) is 0 Å². The fourth-order valence-corrected chi connectivity index (χ4v) is 4.19. The van der Waals surface area contributed by atoms with Crippen LogP contribution in [0.3, 0.4) is 0 Å². The number of para-hydroxylation sites is 2. The minimum Gasteiger partial charge on any atom is -0.423 e. The van der Waals surface area contributed by atoms with Gasteiger partial charge in [0.2, 0.25) is 0 Å². The van der Waals surface area contributed by atoms with Crippen LogP contribution in [0.2, 0.25) is 0 Å². The van der Waals surface area contributed by atoms with Gasteiger partial charge in [-0.2, -0.15) is 0 Å². The van der Waals surface area contributed by atoms with Crippen LogP contribution in [-0.4, -0.2) is 17.2 Å². The molecule has 0 bridgehead atoms. The molecule has 3 nitrogen and oxygen atoms in total. The Bertz CT molecular complexity index is 1350. The molecule has 4 heteroatoms. The summed E-state index contributed by atoms with van der Waals surface area (Å²) >= 11 is 0. The third-order valence-electron chi connectivity index (χ3n) is 5.91. The standard InChI is InChI=1S/C30H24BNO2/c33-31(34)26-19-15-25(16-20-26)29-13-7-8-14-30(29)32(27-11-5-2-6-12-27)28-21-17-24(18-22-28)23-9-3-1-4-10-23/h1-22,33-34H. The second kappa shape index (κ2) is 9.80. The molecule has 0 aliphatic carbocycles. The molecule has 0 radical (unpaired) electrons. The second-order valence-electron chi connectivity index (χ2n) is 8.10. The van der Waals surface area contributed by atoms with E-state index < -0.39 is 7.12 Å². The van der Waals surface area contributed by atoms with Crippen LogP contribution < -0.4 is 10.4 Å². The largest absolute Gasteiger partial charge is 0.488 e. The predicted octanol–water partition coefficient (Wildman–Crippen LogP) is 6.17. The van der Waals surface area contributed by atoms with Crippen molar-refractivity contribution in [1.82, 2.24) is 0 Å². The summed E-state index contributed by atoms with van der Waals surface area (Å²) in [6.07, 6.45) is 0. The van der Waals surface area contributed by atoms with Gasteiger partial charge in [0.15, 0.2) is 0 Å². The Kier molecular flexibility index (Phi) is 6.26. The van der Waals surface area contributed by atoms with Crippen LogP contribution in [0.1, 0.15) is 0 Å². The van der Waals surface area contributed by atoms with Crippen LogP contribution in [-0.2, 0) is 0 Å². The average molecular weight is 441 g/mol. The highest BCUT2D eigenvalue weighted by Gasteiger charge is 2.17. The summed E-state index contributed by atoms with van der Waals surface area (Å²) < 4.78 is 0. The molecule has 0 heterocycles. The van der Waals surface area contributed by atoms with Gasteiger partial charge in [0.25, 0.3) is 0 Å². The van der Waals surface area contributed by atoms with Crippen molar-refractivity contribution < 1.29 is 10.0 Å². The molecule has 0 aliphatic rings. The molecule has 0 amide bonds. The van der Waals surface area contributed by atoms with Crippen LogP contribution >= 0.6 is 0 Å². The first-order valence-electron chi connectivity index (χ1n) is 11.3. The molecule has 5 aromatic carbocycles. The lowest BCUT2D eigenvalue weighted by molar-refractivity contribution is 0.426. The summed E-state index contributed by atoms with van der Waals surface area (Å²) in [6, 6.07) is 44.9. The summed E-state index contributed by atoms with van der Waals surface area (Å²) in [4.78, 5) is 2.25. The van der Waals surface area contributed by atoms with Crippen molar-refractivity contribution >= 4 is 29.6 Å². The van der Waals surface area contributed by atoms with Crippen molar-refractivity contribution in [3.05, 3.63) is 133 Å². The summed E-state index contributed by atoms with van der Waals surface area (Å²) in [5.74, 6) is 0. The van der Waals surface area contributed by atoms with Crippen LogP contribution in [0.4, 0.5) is 17.1 Å². The van der Waals surface area contributed by atoms with Gasteiger partial charge in [0.1, 0.15) is 0 Å². The first-order valence-corrected chi connectivity index (χ1v) is 11.3.